The number of likely N-dealkylation sites (tertiary alicyclic amines) is 1. The Morgan fingerprint density at radius 1 is 1.41 bits per heavy atom. The summed E-state index contributed by atoms with van der Waals surface area (Å²) in [4.78, 5) is 27.9. The van der Waals surface area contributed by atoms with Crippen LogP contribution in [0.5, 0.6) is 0 Å². The number of hydrogen-bond acceptors (Lipinski definition) is 6. The van der Waals surface area contributed by atoms with Gasteiger partial charge in [-0.1, -0.05) is 46.8 Å². The number of thiocarbonyl (C=S) groups is 1. The Kier molecular flexibility index (Phi) is 6.89. The van der Waals surface area contributed by atoms with E-state index in [9.17, 15) is 28.0 Å². The van der Waals surface area contributed by atoms with Crippen molar-refractivity contribution in [3.8, 4) is 6.07 Å². The molecule has 0 aromatic carbocycles. The number of carbonyl (C=O) groups excluding carboxylic acids is 1. The molecule has 1 aromatic rings. The number of fused-ring (bicyclic) bond motifs is 1. The molecule has 2 heterocycles. The number of nitrogens with zero attached hydrogens (tertiary/aromatic N) is 4. The van der Waals surface area contributed by atoms with Gasteiger partial charge in [0, 0.05) is 19.1 Å². The van der Waals surface area contributed by atoms with E-state index in [-0.39, 0.29) is 36.4 Å². The van der Waals surface area contributed by atoms with Crippen LogP contribution < -0.4 is 16.3 Å². The number of nitrogens with one attached hydrogen (secondary N) is 3. The number of aromatic amines is 1. The maximum atomic E-state index is 13.5. The Bertz CT molecular complexity index is 1040. The molecule has 5 atom stereocenters. The highest BCUT2D eigenvalue weighted by Crippen LogP contribution is 2.64. The molecule has 3 rings (SSSR count). The summed E-state index contributed by atoms with van der Waals surface area (Å²) >= 11 is 4.50. The van der Waals surface area contributed by atoms with Crippen molar-refractivity contribution in [1.82, 2.24) is 30.3 Å². The Morgan fingerprint density at radius 2 is 2.06 bits per heavy atom. The summed E-state index contributed by atoms with van der Waals surface area (Å²) in [5.41, 5.74) is -1.29. The largest absolute Gasteiger partial charge is 0.441 e. The first-order chi connectivity index (χ1) is 15.6. The summed E-state index contributed by atoms with van der Waals surface area (Å²) < 4.78 is 40.5. The fourth-order valence-corrected chi connectivity index (χ4v) is 5.07. The summed E-state index contributed by atoms with van der Waals surface area (Å²) in [6, 6.07) is -0.132. The maximum Gasteiger partial charge on any atom is 0.441 e. The minimum absolute atomic E-state index is 0.0169. The van der Waals surface area contributed by atoms with E-state index in [1.165, 1.54) is 6.33 Å². The lowest BCUT2D eigenvalue weighted by Gasteiger charge is -2.39. The number of piperidine rings is 1. The molecule has 1 aliphatic carbocycles. The molecular formula is C21H30F3N7O2S. The minimum atomic E-state index is -4.74. The number of H-pyrrole nitrogens is 1. The lowest BCUT2D eigenvalue weighted by Crippen LogP contribution is -2.59. The van der Waals surface area contributed by atoms with Gasteiger partial charge in [-0.3, -0.25) is 15.1 Å². The molecular weight excluding hydrogens is 471 g/mol. The second kappa shape index (κ2) is 8.96. The summed E-state index contributed by atoms with van der Waals surface area (Å²) in [7, 11) is 0. The zero-order chi connectivity index (χ0) is 25.6. The van der Waals surface area contributed by atoms with Gasteiger partial charge in [0.1, 0.15) is 18.4 Å². The molecule has 34 heavy (non-hydrogen) atoms. The monoisotopic (exact) mass is 501 g/mol. The average Bonchev–Trinajstić information content (AvgIpc) is 3.06. The summed E-state index contributed by atoms with van der Waals surface area (Å²) in [5, 5.41) is 18.7. The standard InChI is InChI=1S/C21H30F3N7O2S/c1-19(2,3)15(29-17(34)21(22,23)24)16(32)30-9-12-14(20(12,4)5)13(30)7-26-11(6-25)8-31-18(33)27-10-28-31/h10-15,26H,7-9H2,1-5H3,(H,29,34)(H,27,28,33)/t11-,12+,13?,14+,15-/m1/s1. The quantitative estimate of drug-likeness (QED) is 0.484. The number of carbonyl (C=O) groups is 1. The third-order valence-corrected chi connectivity index (χ3v) is 7.33. The molecule has 1 aromatic heterocycles. The number of halogens is 3. The van der Waals surface area contributed by atoms with Gasteiger partial charge in [0.25, 0.3) is 0 Å². The van der Waals surface area contributed by atoms with Crippen LogP contribution in [0, 0.1) is 34.0 Å². The number of hydrogen-bond donors (Lipinski definition) is 3. The van der Waals surface area contributed by atoms with Crippen LogP contribution in [-0.2, 0) is 11.3 Å². The average molecular weight is 502 g/mol. The molecule has 9 nitrogen and oxygen atoms in total. The van der Waals surface area contributed by atoms with E-state index in [1.807, 2.05) is 0 Å². The summed E-state index contributed by atoms with van der Waals surface area (Å²) in [5.74, 6) is -0.0922. The molecule has 2 fully saturated rings. The number of aromatic nitrogens is 3. The van der Waals surface area contributed by atoms with E-state index in [0.29, 0.717) is 6.54 Å². The molecule has 2 aliphatic rings. The van der Waals surface area contributed by atoms with Gasteiger partial charge in [0.05, 0.1) is 12.6 Å². The Hall–Kier alpha value is -2.46. The van der Waals surface area contributed by atoms with E-state index in [0.717, 1.165) is 4.68 Å². The van der Waals surface area contributed by atoms with Crippen LogP contribution in [0.25, 0.3) is 0 Å². The maximum absolute atomic E-state index is 13.5. The van der Waals surface area contributed by atoms with Gasteiger partial charge in [0.15, 0.2) is 4.99 Å². The third kappa shape index (κ3) is 5.12. The number of alkyl halides is 3. The predicted molar refractivity (Wildman–Crippen MR) is 122 cm³/mol. The number of rotatable bonds is 7. The lowest BCUT2D eigenvalue weighted by atomic mass is 9.85. The smallest absolute Gasteiger partial charge is 0.360 e. The topological polar surface area (TPSA) is 119 Å². The van der Waals surface area contributed by atoms with Crippen molar-refractivity contribution in [2.75, 3.05) is 13.1 Å². The highest BCUT2D eigenvalue weighted by molar-refractivity contribution is 7.80. The van der Waals surface area contributed by atoms with Gasteiger partial charge in [-0.15, -0.1) is 0 Å². The first kappa shape index (κ1) is 26.2. The van der Waals surface area contributed by atoms with Gasteiger partial charge < -0.3 is 10.2 Å². The second-order valence-electron chi connectivity index (χ2n) is 10.6. The lowest BCUT2D eigenvalue weighted by molar-refractivity contribution is -0.138. The van der Waals surface area contributed by atoms with E-state index >= 15 is 0 Å². The number of nitriles is 1. The van der Waals surface area contributed by atoms with Crippen molar-refractivity contribution >= 4 is 23.1 Å². The molecule has 13 heteroatoms. The van der Waals surface area contributed by atoms with Crippen molar-refractivity contribution < 1.29 is 18.0 Å². The molecule has 1 aliphatic heterocycles. The van der Waals surface area contributed by atoms with Crippen molar-refractivity contribution in [2.24, 2.45) is 22.7 Å². The zero-order valence-corrected chi connectivity index (χ0v) is 20.5. The summed E-state index contributed by atoms with van der Waals surface area (Å²) in [6.45, 7) is 9.94. The molecule has 3 N–H and O–H groups in total. The molecule has 1 unspecified atom stereocenters. The zero-order valence-electron chi connectivity index (χ0n) is 19.7. The predicted octanol–water partition coefficient (Wildman–Crippen LogP) is 1.43. The Labute approximate surface area is 201 Å². The SMILES string of the molecule is CC(C)(C)[C@H](NC(=S)C(F)(F)F)C(=O)N1C[C@H]2[C@@H](C1CN[C@H](C#N)Cn1nc[nH]c1=O)C2(C)C. The fourth-order valence-electron chi connectivity index (χ4n) is 4.96. The van der Waals surface area contributed by atoms with Gasteiger partial charge in [-0.05, 0) is 22.7 Å². The van der Waals surface area contributed by atoms with Crippen LogP contribution >= 0.6 is 12.2 Å². The molecule has 0 spiro atoms. The van der Waals surface area contributed by atoms with Gasteiger partial charge >= 0.3 is 11.9 Å². The summed E-state index contributed by atoms with van der Waals surface area (Å²) in [6.07, 6.45) is -3.50. The van der Waals surface area contributed by atoms with Crippen LogP contribution in [0.4, 0.5) is 13.2 Å². The van der Waals surface area contributed by atoms with Crippen molar-refractivity contribution in [2.45, 2.75) is 65.5 Å². The van der Waals surface area contributed by atoms with Gasteiger partial charge in [-0.2, -0.15) is 23.5 Å². The van der Waals surface area contributed by atoms with Crippen LogP contribution in [0.2, 0.25) is 0 Å². The van der Waals surface area contributed by atoms with Gasteiger partial charge in [-0.25, -0.2) is 9.48 Å². The van der Waals surface area contributed by atoms with E-state index in [4.69, 9.17) is 0 Å². The van der Waals surface area contributed by atoms with E-state index in [2.05, 4.69) is 52.9 Å². The first-order valence-electron chi connectivity index (χ1n) is 11.0. The molecule has 0 bridgehead atoms. The molecule has 0 radical (unpaired) electrons. The Balaban J connectivity index is 1.77. The van der Waals surface area contributed by atoms with E-state index < -0.39 is 40.3 Å². The fraction of sp³-hybridized carbons (Fsp3) is 0.762. The van der Waals surface area contributed by atoms with Crippen molar-refractivity contribution in [1.29, 1.82) is 5.26 Å². The second-order valence-corrected chi connectivity index (χ2v) is 11.1. The highest BCUT2D eigenvalue weighted by Gasteiger charge is 2.67. The van der Waals surface area contributed by atoms with Crippen molar-refractivity contribution in [3.63, 3.8) is 0 Å². The molecule has 1 saturated carbocycles. The van der Waals surface area contributed by atoms with Crippen LogP contribution in [0.15, 0.2) is 11.1 Å². The first-order valence-corrected chi connectivity index (χ1v) is 11.4. The molecule has 188 valence electrons. The Morgan fingerprint density at radius 3 is 2.56 bits per heavy atom. The normalized spacial score (nSPS) is 25.3. The number of amides is 1. The third-order valence-electron chi connectivity index (χ3n) is 6.98. The van der Waals surface area contributed by atoms with E-state index in [1.54, 1.807) is 25.7 Å². The molecule has 1 amide bonds. The van der Waals surface area contributed by atoms with Crippen LogP contribution in [0.3, 0.4) is 0 Å². The highest BCUT2D eigenvalue weighted by atomic mass is 32.1. The molecule has 1 saturated heterocycles. The minimum Gasteiger partial charge on any atom is -0.360 e. The van der Waals surface area contributed by atoms with Gasteiger partial charge in [0.2, 0.25) is 5.91 Å². The van der Waals surface area contributed by atoms with Crippen molar-refractivity contribution in [3.05, 3.63) is 16.8 Å². The van der Waals surface area contributed by atoms with Crippen LogP contribution in [-0.4, -0.2) is 68.0 Å². The van der Waals surface area contributed by atoms with Crippen LogP contribution in [0.1, 0.15) is 34.6 Å².